The Morgan fingerprint density at radius 3 is 2.79 bits per heavy atom. The topological polar surface area (TPSA) is 66.0 Å². The van der Waals surface area contributed by atoms with E-state index < -0.39 is 0 Å². The summed E-state index contributed by atoms with van der Waals surface area (Å²) in [7, 11) is 3.49. The SMILES string of the molecule is COc1cnccc1-c1nn(C)c(N)c1CC(C)C. The van der Waals surface area contributed by atoms with Gasteiger partial charge in [0.15, 0.2) is 0 Å². The minimum absolute atomic E-state index is 0.512. The first-order valence-corrected chi connectivity index (χ1v) is 6.34. The molecule has 2 N–H and O–H groups in total. The van der Waals surface area contributed by atoms with E-state index in [0.29, 0.717) is 17.5 Å². The molecule has 0 spiro atoms. The van der Waals surface area contributed by atoms with Gasteiger partial charge in [0.25, 0.3) is 0 Å². The molecule has 0 aromatic carbocycles. The molecule has 0 aliphatic rings. The minimum atomic E-state index is 0.512. The van der Waals surface area contributed by atoms with Crippen LogP contribution in [0.25, 0.3) is 11.3 Å². The summed E-state index contributed by atoms with van der Waals surface area (Å²) in [6, 6.07) is 1.91. The van der Waals surface area contributed by atoms with Gasteiger partial charge in [-0.2, -0.15) is 5.10 Å². The van der Waals surface area contributed by atoms with Crippen molar-refractivity contribution in [2.75, 3.05) is 12.8 Å². The zero-order chi connectivity index (χ0) is 14.0. The van der Waals surface area contributed by atoms with Crippen LogP contribution in [-0.4, -0.2) is 21.9 Å². The Balaban J connectivity index is 2.58. The number of aromatic nitrogens is 3. The molecule has 0 bridgehead atoms. The van der Waals surface area contributed by atoms with E-state index in [1.54, 1.807) is 24.2 Å². The Hall–Kier alpha value is -2.04. The molecule has 19 heavy (non-hydrogen) atoms. The van der Waals surface area contributed by atoms with Gasteiger partial charge in [-0.25, -0.2) is 0 Å². The van der Waals surface area contributed by atoms with E-state index in [4.69, 9.17) is 10.5 Å². The molecule has 0 amide bonds. The first-order chi connectivity index (χ1) is 9.04. The number of hydrogen-bond acceptors (Lipinski definition) is 4. The van der Waals surface area contributed by atoms with Crippen LogP contribution in [0.1, 0.15) is 19.4 Å². The third-order valence-electron chi connectivity index (χ3n) is 3.07. The summed E-state index contributed by atoms with van der Waals surface area (Å²) >= 11 is 0. The zero-order valence-corrected chi connectivity index (χ0v) is 11.8. The highest BCUT2D eigenvalue weighted by atomic mass is 16.5. The van der Waals surface area contributed by atoms with Crippen molar-refractivity contribution in [2.24, 2.45) is 13.0 Å². The first-order valence-electron chi connectivity index (χ1n) is 6.34. The van der Waals surface area contributed by atoms with E-state index in [-0.39, 0.29) is 0 Å². The van der Waals surface area contributed by atoms with Crippen molar-refractivity contribution in [1.29, 1.82) is 0 Å². The summed E-state index contributed by atoms with van der Waals surface area (Å²) in [6.45, 7) is 4.33. The average molecular weight is 260 g/mol. The van der Waals surface area contributed by atoms with Gasteiger partial charge >= 0.3 is 0 Å². The van der Waals surface area contributed by atoms with Crippen molar-refractivity contribution < 1.29 is 4.74 Å². The van der Waals surface area contributed by atoms with Crippen molar-refractivity contribution in [3.05, 3.63) is 24.0 Å². The molecule has 2 heterocycles. The third kappa shape index (κ3) is 2.54. The van der Waals surface area contributed by atoms with E-state index >= 15 is 0 Å². The van der Waals surface area contributed by atoms with E-state index in [9.17, 15) is 0 Å². The number of nitrogens with zero attached hydrogens (tertiary/aromatic N) is 3. The molecule has 5 heteroatoms. The lowest BCUT2D eigenvalue weighted by Crippen LogP contribution is -2.02. The molecular weight excluding hydrogens is 240 g/mol. The summed E-state index contributed by atoms with van der Waals surface area (Å²) < 4.78 is 7.07. The van der Waals surface area contributed by atoms with Gasteiger partial charge in [-0.1, -0.05) is 13.8 Å². The maximum absolute atomic E-state index is 6.12. The number of aryl methyl sites for hydroxylation is 1. The fourth-order valence-electron chi connectivity index (χ4n) is 2.15. The molecule has 0 atom stereocenters. The second kappa shape index (κ2) is 5.30. The predicted molar refractivity (Wildman–Crippen MR) is 75.9 cm³/mol. The molecule has 102 valence electrons. The van der Waals surface area contributed by atoms with Gasteiger partial charge in [-0.15, -0.1) is 0 Å². The van der Waals surface area contributed by atoms with Crippen LogP contribution in [0.15, 0.2) is 18.5 Å². The molecule has 0 saturated heterocycles. The van der Waals surface area contributed by atoms with Crippen LogP contribution < -0.4 is 10.5 Å². The Morgan fingerprint density at radius 2 is 2.16 bits per heavy atom. The van der Waals surface area contributed by atoms with Crippen molar-refractivity contribution >= 4 is 5.82 Å². The quantitative estimate of drug-likeness (QED) is 0.915. The Morgan fingerprint density at radius 1 is 1.42 bits per heavy atom. The lowest BCUT2D eigenvalue weighted by atomic mass is 9.99. The van der Waals surface area contributed by atoms with Gasteiger partial charge in [-0.3, -0.25) is 9.67 Å². The van der Waals surface area contributed by atoms with Crippen LogP contribution in [0.3, 0.4) is 0 Å². The van der Waals surface area contributed by atoms with Crippen LogP contribution in [-0.2, 0) is 13.5 Å². The summed E-state index contributed by atoms with van der Waals surface area (Å²) in [5.41, 5.74) is 9.01. The van der Waals surface area contributed by atoms with Gasteiger partial charge in [-0.05, 0) is 18.4 Å². The number of nitrogen functional groups attached to an aromatic ring is 1. The van der Waals surface area contributed by atoms with E-state index in [2.05, 4.69) is 23.9 Å². The molecule has 0 aliphatic carbocycles. The normalized spacial score (nSPS) is 11.0. The zero-order valence-electron chi connectivity index (χ0n) is 11.8. The van der Waals surface area contributed by atoms with Crippen molar-refractivity contribution in [3.8, 4) is 17.0 Å². The second-order valence-electron chi connectivity index (χ2n) is 5.01. The number of rotatable bonds is 4. The molecule has 5 nitrogen and oxygen atoms in total. The first kappa shape index (κ1) is 13.4. The molecule has 2 aromatic heterocycles. The highest BCUT2D eigenvalue weighted by Crippen LogP contribution is 2.34. The monoisotopic (exact) mass is 260 g/mol. The van der Waals surface area contributed by atoms with Crippen LogP contribution in [0, 0.1) is 5.92 Å². The van der Waals surface area contributed by atoms with Crippen LogP contribution in [0.5, 0.6) is 5.75 Å². The molecule has 0 unspecified atom stereocenters. The number of nitrogens with two attached hydrogens (primary N) is 1. The number of ether oxygens (including phenoxy) is 1. The largest absolute Gasteiger partial charge is 0.494 e. The van der Waals surface area contributed by atoms with E-state index in [1.165, 1.54) is 0 Å². The van der Waals surface area contributed by atoms with Crippen LogP contribution >= 0.6 is 0 Å². The molecular formula is C14H20N4O. The van der Waals surface area contributed by atoms with Gasteiger partial charge in [0, 0.05) is 24.4 Å². The second-order valence-corrected chi connectivity index (χ2v) is 5.01. The number of methoxy groups -OCH3 is 1. The molecule has 0 fully saturated rings. The van der Waals surface area contributed by atoms with Crippen molar-refractivity contribution in [3.63, 3.8) is 0 Å². The van der Waals surface area contributed by atoms with Crippen LogP contribution in [0.4, 0.5) is 5.82 Å². The summed E-state index contributed by atoms with van der Waals surface area (Å²) in [6.07, 6.45) is 4.32. The number of pyridine rings is 1. The number of anilines is 1. The maximum atomic E-state index is 6.12. The predicted octanol–water partition coefficient (Wildman–Crippen LogP) is 2.27. The van der Waals surface area contributed by atoms with Gasteiger partial charge in [0.2, 0.25) is 0 Å². The number of hydrogen-bond donors (Lipinski definition) is 1. The fraction of sp³-hybridized carbons (Fsp3) is 0.429. The summed E-state index contributed by atoms with van der Waals surface area (Å²) in [5.74, 6) is 1.94. The molecule has 0 radical (unpaired) electrons. The standard InChI is InChI=1S/C14H20N4O/c1-9(2)7-11-13(17-18(3)14(11)15)10-5-6-16-8-12(10)19-4/h5-6,8-9H,7,15H2,1-4H3. The Bertz CT molecular complexity index is 575. The van der Waals surface area contributed by atoms with Gasteiger partial charge in [0.05, 0.1) is 13.3 Å². The fourth-order valence-corrected chi connectivity index (χ4v) is 2.15. The molecule has 0 aliphatic heterocycles. The molecule has 0 saturated carbocycles. The smallest absolute Gasteiger partial charge is 0.146 e. The van der Waals surface area contributed by atoms with Crippen molar-refractivity contribution in [2.45, 2.75) is 20.3 Å². The van der Waals surface area contributed by atoms with Gasteiger partial charge < -0.3 is 10.5 Å². The molecule has 2 rings (SSSR count). The summed E-state index contributed by atoms with van der Waals surface area (Å²) in [5, 5.41) is 4.53. The third-order valence-corrected chi connectivity index (χ3v) is 3.07. The Kier molecular flexibility index (Phi) is 3.74. The van der Waals surface area contributed by atoms with Gasteiger partial charge in [0.1, 0.15) is 17.3 Å². The average Bonchev–Trinajstić information content (AvgIpc) is 2.66. The minimum Gasteiger partial charge on any atom is -0.494 e. The summed E-state index contributed by atoms with van der Waals surface area (Å²) in [4.78, 5) is 4.07. The Labute approximate surface area is 113 Å². The van der Waals surface area contributed by atoms with E-state index in [0.717, 1.165) is 23.2 Å². The maximum Gasteiger partial charge on any atom is 0.146 e. The highest BCUT2D eigenvalue weighted by Gasteiger charge is 2.19. The highest BCUT2D eigenvalue weighted by molar-refractivity contribution is 5.73. The lowest BCUT2D eigenvalue weighted by molar-refractivity contribution is 0.414. The molecule has 2 aromatic rings. The lowest BCUT2D eigenvalue weighted by Gasteiger charge is -2.09. The van der Waals surface area contributed by atoms with Crippen LogP contribution in [0.2, 0.25) is 0 Å². The van der Waals surface area contributed by atoms with E-state index in [1.807, 2.05) is 13.1 Å². The van der Waals surface area contributed by atoms with Crippen molar-refractivity contribution in [1.82, 2.24) is 14.8 Å².